The second kappa shape index (κ2) is 6.75. The summed E-state index contributed by atoms with van der Waals surface area (Å²) in [5.41, 5.74) is 9.27. The molecule has 0 spiro atoms. The zero-order chi connectivity index (χ0) is 17.3. The van der Waals surface area contributed by atoms with Gasteiger partial charge < -0.3 is 10.6 Å². The highest BCUT2D eigenvalue weighted by atomic mass is 35.5. The Kier molecular flexibility index (Phi) is 4.69. The van der Waals surface area contributed by atoms with Crippen LogP contribution >= 0.6 is 11.6 Å². The molecule has 3 nitrogen and oxygen atoms in total. The van der Waals surface area contributed by atoms with E-state index in [9.17, 15) is 9.18 Å². The molecule has 124 valence electrons. The van der Waals surface area contributed by atoms with E-state index < -0.39 is 0 Å². The fraction of sp³-hybridized carbons (Fsp3) is 0.211. The Morgan fingerprint density at radius 1 is 1.25 bits per heavy atom. The van der Waals surface area contributed by atoms with Crippen LogP contribution < -0.4 is 10.6 Å². The molecule has 2 N–H and O–H groups in total. The average Bonchev–Trinajstić information content (AvgIpc) is 2.68. The summed E-state index contributed by atoms with van der Waals surface area (Å²) in [5, 5.41) is 0.527. The third-order valence-corrected chi connectivity index (χ3v) is 4.70. The number of nitrogens with two attached hydrogens (primary N) is 1. The molecule has 2 aromatic rings. The number of carbonyl (C=O) groups is 1. The van der Waals surface area contributed by atoms with Crippen LogP contribution in [-0.2, 0) is 11.3 Å². The molecule has 5 heteroatoms. The largest absolute Gasteiger partial charge is 0.327 e. The van der Waals surface area contributed by atoms with E-state index in [2.05, 4.69) is 0 Å². The SMILES string of the molecule is Cc1ccc(CN2C(=O)CC(CN)=C(Cl)c3ccccc32)cc1F. The summed E-state index contributed by atoms with van der Waals surface area (Å²) in [4.78, 5) is 14.4. The number of para-hydroxylation sites is 1. The van der Waals surface area contributed by atoms with Crippen molar-refractivity contribution in [1.29, 1.82) is 0 Å². The number of halogens is 2. The van der Waals surface area contributed by atoms with E-state index in [0.717, 1.165) is 16.8 Å². The van der Waals surface area contributed by atoms with Gasteiger partial charge in [0.25, 0.3) is 0 Å². The van der Waals surface area contributed by atoms with Gasteiger partial charge in [0.05, 0.1) is 23.7 Å². The highest BCUT2D eigenvalue weighted by molar-refractivity contribution is 6.50. The van der Waals surface area contributed by atoms with Crippen molar-refractivity contribution in [3.05, 3.63) is 70.5 Å². The summed E-state index contributed by atoms with van der Waals surface area (Å²) in [6, 6.07) is 12.5. The summed E-state index contributed by atoms with van der Waals surface area (Å²) in [7, 11) is 0. The first-order valence-electron chi connectivity index (χ1n) is 7.73. The maximum absolute atomic E-state index is 13.8. The molecule has 2 aromatic carbocycles. The maximum Gasteiger partial charge on any atom is 0.231 e. The summed E-state index contributed by atoms with van der Waals surface area (Å²) in [6.45, 7) is 2.23. The molecule has 0 saturated carbocycles. The number of anilines is 1. The number of amides is 1. The van der Waals surface area contributed by atoms with E-state index in [4.69, 9.17) is 17.3 Å². The highest BCUT2D eigenvalue weighted by Gasteiger charge is 2.26. The average molecular weight is 345 g/mol. The van der Waals surface area contributed by atoms with Gasteiger partial charge in [-0.3, -0.25) is 4.79 Å². The van der Waals surface area contributed by atoms with Gasteiger partial charge in [0.1, 0.15) is 5.82 Å². The van der Waals surface area contributed by atoms with Crippen LogP contribution in [-0.4, -0.2) is 12.5 Å². The lowest BCUT2D eigenvalue weighted by Crippen LogP contribution is -2.30. The lowest BCUT2D eigenvalue weighted by Gasteiger charge is -2.23. The van der Waals surface area contributed by atoms with Crippen molar-refractivity contribution < 1.29 is 9.18 Å². The van der Waals surface area contributed by atoms with Gasteiger partial charge in [-0.05, 0) is 35.8 Å². The monoisotopic (exact) mass is 344 g/mol. The Labute approximate surface area is 145 Å². The predicted molar refractivity (Wildman–Crippen MR) is 95.2 cm³/mol. The second-order valence-electron chi connectivity index (χ2n) is 5.88. The quantitative estimate of drug-likeness (QED) is 0.915. The van der Waals surface area contributed by atoms with Gasteiger partial charge in [0.15, 0.2) is 0 Å². The third kappa shape index (κ3) is 3.07. The first kappa shape index (κ1) is 16.7. The number of benzene rings is 2. The lowest BCUT2D eigenvalue weighted by atomic mass is 10.1. The minimum absolute atomic E-state index is 0.0977. The molecule has 1 aliphatic rings. The van der Waals surface area contributed by atoms with Gasteiger partial charge in [0, 0.05) is 12.1 Å². The Balaban J connectivity index is 2.04. The number of hydrogen-bond acceptors (Lipinski definition) is 2. The van der Waals surface area contributed by atoms with Crippen LogP contribution in [0.4, 0.5) is 10.1 Å². The molecule has 1 aliphatic heterocycles. The highest BCUT2D eigenvalue weighted by Crippen LogP contribution is 2.37. The number of nitrogens with zero attached hydrogens (tertiary/aromatic N) is 1. The van der Waals surface area contributed by atoms with Gasteiger partial charge in [-0.1, -0.05) is 41.9 Å². The van der Waals surface area contributed by atoms with Crippen molar-refractivity contribution in [2.75, 3.05) is 11.4 Å². The van der Waals surface area contributed by atoms with Gasteiger partial charge >= 0.3 is 0 Å². The molecular formula is C19H18ClFN2O. The molecule has 0 aromatic heterocycles. The number of rotatable bonds is 3. The van der Waals surface area contributed by atoms with Crippen molar-refractivity contribution in [3.63, 3.8) is 0 Å². The normalized spacial score (nSPS) is 14.7. The van der Waals surface area contributed by atoms with E-state index in [0.29, 0.717) is 16.2 Å². The molecule has 1 amide bonds. The minimum Gasteiger partial charge on any atom is -0.327 e. The van der Waals surface area contributed by atoms with Crippen LogP contribution in [0.25, 0.3) is 5.03 Å². The van der Waals surface area contributed by atoms with Crippen LogP contribution in [0, 0.1) is 12.7 Å². The molecule has 0 bridgehead atoms. The standard InChI is InChI=1S/C19H18ClFN2O/c1-12-6-7-13(8-16(12)21)11-23-17-5-3-2-4-15(17)19(20)14(10-22)9-18(23)24/h2-8H,9-11,22H2,1H3. The lowest BCUT2D eigenvalue weighted by molar-refractivity contribution is -0.118. The molecule has 1 heterocycles. The number of fused-ring (bicyclic) bond motifs is 1. The fourth-order valence-corrected chi connectivity index (χ4v) is 3.13. The van der Waals surface area contributed by atoms with E-state index in [1.54, 1.807) is 17.9 Å². The first-order chi connectivity index (χ1) is 11.5. The maximum atomic E-state index is 13.8. The number of aryl methyl sites for hydroxylation is 1. The van der Waals surface area contributed by atoms with Gasteiger partial charge in [-0.25, -0.2) is 4.39 Å². The van der Waals surface area contributed by atoms with Crippen molar-refractivity contribution in [3.8, 4) is 0 Å². The molecule has 3 rings (SSSR count). The molecule has 0 unspecified atom stereocenters. The summed E-state index contributed by atoms with van der Waals surface area (Å²) < 4.78 is 13.8. The van der Waals surface area contributed by atoms with Crippen molar-refractivity contribution in [2.45, 2.75) is 19.9 Å². The van der Waals surface area contributed by atoms with E-state index in [1.807, 2.05) is 30.3 Å². The number of hydrogen-bond donors (Lipinski definition) is 1. The van der Waals surface area contributed by atoms with Crippen LogP contribution in [0.2, 0.25) is 0 Å². The topological polar surface area (TPSA) is 46.3 Å². The molecule has 0 fully saturated rings. The van der Waals surface area contributed by atoms with Gasteiger partial charge in [-0.15, -0.1) is 0 Å². The van der Waals surface area contributed by atoms with Crippen molar-refractivity contribution in [2.24, 2.45) is 5.73 Å². The Hall–Kier alpha value is -2.17. The van der Waals surface area contributed by atoms with Crippen molar-refractivity contribution in [1.82, 2.24) is 0 Å². The Morgan fingerprint density at radius 2 is 2.00 bits per heavy atom. The molecule has 0 saturated heterocycles. The van der Waals surface area contributed by atoms with Crippen molar-refractivity contribution >= 4 is 28.2 Å². The molecule has 24 heavy (non-hydrogen) atoms. The van der Waals surface area contributed by atoms with Crippen LogP contribution in [0.3, 0.4) is 0 Å². The van der Waals surface area contributed by atoms with E-state index in [-0.39, 0.29) is 31.2 Å². The van der Waals surface area contributed by atoms with Crippen LogP contribution in [0.1, 0.15) is 23.1 Å². The van der Waals surface area contributed by atoms with Gasteiger partial charge in [-0.2, -0.15) is 0 Å². The summed E-state index contributed by atoms with van der Waals surface area (Å²) in [6.07, 6.45) is 0.165. The molecular weight excluding hydrogens is 327 g/mol. The van der Waals surface area contributed by atoms with Crippen LogP contribution in [0.5, 0.6) is 0 Å². The minimum atomic E-state index is -0.276. The smallest absolute Gasteiger partial charge is 0.231 e. The Morgan fingerprint density at radius 3 is 2.71 bits per heavy atom. The van der Waals surface area contributed by atoms with E-state index >= 15 is 0 Å². The third-order valence-electron chi connectivity index (χ3n) is 4.23. The number of carbonyl (C=O) groups excluding carboxylic acids is 1. The summed E-state index contributed by atoms with van der Waals surface area (Å²) >= 11 is 6.46. The predicted octanol–water partition coefficient (Wildman–Crippen LogP) is 3.98. The molecule has 0 atom stereocenters. The second-order valence-corrected chi connectivity index (χ2v) is 6.26. The zero-order valence-corrected chi connectivity index (χ0v) is 14.1. The van der Waals surface area contributed by atoms with Gasteiger partial charge in [0.2, 0.25) is 5.91 Å². The Bertz CT molecular complexity index is 832. The zero-order valence-electron chi connectivity index (χ0n) is 13.4. The molecule has 0 aliphatic carbocycles. The fourth-order valence-electron chi connectivity index (χ4n) is 2.83. The van der Waals surface area contributed by atoms with E-state index in [1.165, 1.54) is 6.07 Å². The summed E-state index contributed by atoms with van der Waals surface area (Å²) in [5.74, 6) is -0.374. The first-order valence-corrected chi connectivity index (χ1v) is 8.11. The van der Waals surface area contributed by atoms with Crippen LogP contribution in [0.15, 0.2) is 48.0 Å². The molecule has 0 radical (unpaired) electrons.